The summed E-state index contributed by atoms with van der Waals surface area (Å²) < 4.78 is 19.5. The fourth-order valence-corrected chi connectivity index (χ4v) is 3.04. The van der Waals surface area contributed by atoms with Crippen LogP contribution in [-0.2, 0) is 13.0 Å². The summed E-state index contributed by atoms with van der Waals surface area (Å²) in [7, 11) is 0. The van der Waals surface area contributed by atoms with Crippen LogP contribution >= 0.6 is 0 Å². The molecule has 1 aromatic heterocycles. The van der Waals surface area contributed by atoms with Gasteiger partial charge in [-0.3, -0.25) is 4.90 Å². The minimum Gasteiger partial charge on any atom is -0.393 e. The fourth-order valence-electron chi connectivity index (χ4n) is 3.04. The maximum Gasteiger partial charge on any atom is 0.240 e. The molecule has 0 aliphatic carbocycles. The average Bonchev–Trinajstić information content (AvgIpc) is 2.97. The second-order valence-electron chi connectivity index (χ2n) is 6.33. The predicted molar refractivity (Wildman–Crippen MR) is 83.7 cm³/mol. The molecule has 6 heteroatoms. The molecule has 1 N–H and O–H groups in total. The predicted octanol–water partition coefficient (Wildman–Crippen LogP) is 2.27. The average molecular weight is 319 g/mol. The Morgan fingerprint density at radius 1 is 1.39 bits per heavy atom. The molecule has 0 amide bonds. The first kappa shape index (κ1) is 16.1. The summed E-state index contributed by atoms with van der Waals surface area (Å²) in [6.07, 6.45) is 1.75. The van der Waals surface area contributed by atoms with Crippen LogP contribution in [0.2, 0.25) is 0 Å². The normalized spacial score (nSPS) is 22.4. The van der Waals surface area contributed by atoms with Gasteiger partial charge in [0, 0.05) is 13.0 Å². The highest BCUT2D eigenvalue weighted by Crippen LogP contribution is 2.25. The summed E-state index contributed by atoms with van der Waals surface area (Å²) in [6, 6.07) is 8.10. The summed E-state index contributed by atoms with van der Waals surface area (Å²) >= 11 is 0. The van der Waals surface area contributed by atoms with Crippen molar-refractivity contribution in [1.82, 2.24) is 15.0 Å². The second-order valence-corrected chi connectivity index (χ2v) is 6.33. The van der Waals surface area contributed by atoms with E-state index in [0.717, 1.165) is 13.0 Å². The third kappa shape index (κ3) is 3.95. The van der Waals surface area contributed by atoms with Crippen molar-refractivity contribution in [3.8, 4) is 0 Å². The van der Waals surface area contributed by atoms with Crippen LogP contribution in [0.1, 0.15) is 35.7 Å². The van der Waals surface area contributed by atoms with Crippen LogP contribution in [-0.4, -0.2) is 45.5 Å². The third-order valence-corrected chi connectivity index (χ3v) is 4.37. The van der Waals surface area contributed by atoms with Gasteiger partial charge in [-0.25, -0.2) is 4.39 Å². The van der Waals surface area contributed by atoms with Gasteiger partial charge in [-0.15, -0.1) is 0 Å². The Hall–Kier alpha value is -1.79. The van der Waals surface area contributed by atoms with Crippen molar-refractivity contribution >= 4 is 0 Å². The molecule has 1 aliphatic heterocycles. The van der Waals surface area contributed by atoms with Gasteiger partial charge in [0.25, 0.3) is 0 Å². The number of piperidine rings is 1. The van der Waals surface area contributed by atoms with Gasteiger partial charge in [-0.2, -0.15) is 4.98 Å². The van der Waals surface area contributed by atoms with Crippen LogP contribution in [0.5, 0.6) is 0 Å². The minimum absolute atomic E-state index is 0.207. The molecular weight excluding hydrogens is 297 g/mol. The van der Waals surface area contributed by atoms with E-state index >= 15 is 0 Å². The van der Waals surface area contributed by atoms with Crippen LogP contribution in [0.3, 0.4) is 0 Å². The fraction of sp³-hybridized carbons (Fsp3) is 0.529. The number of aliphatic hydroxyl groups is 1. The van der Waals surface area contributed by atoms with E-state index in [4.69, 9.17) is 4.52 Å². The van der Waals surface area contributed by atoms with Gasteiger partial charge >= 0.3 is 0 Å². The number of likely N-dealkylation sites (tertiary alicyclic amines) is 1. The Morgan fingerprint density at radius 2 is 2.22 bits per heavy atom. The molecule has 1 saturated heterocycles. The number of benzene rings is 1. The summed E-state index contributed by atoms with van der Waals surface area (Å²) in [6.45, 7) is 3.03. The Kier molecular flexibility index (Phi) is 4.73. The number of hydrogen-bond donors (Lipinski definition) is 1. The van der Waals surface area contributed by atoms with E-state index in [-0.39, 0.29) is 6.54 Å². The number of alkyl halides is 1. The highest BCUT2D eigenvalue weighted by Gasteiger charge is 2.35. The van der Waals surface area contributed by atoms with Crippen molar-refractivity contribution in [3.63, 3.8) is 0 Å². The molecule has 1 atom stereocenters. The SMILES string of the molecule is Cc1ccccc1Cc1noc(CN2CCCC(F)(CO)C2)n1. The van der Waals surface area contributed by atoms with Crippen molar-refractivity contribution < 1.29 is 14.0 Å². The van der Waals surface area contributed by atoms with Gasteiger partial charge in [-0.05, 0) is 37.4 Å². The maximum absolute atomic E-state index is 14.2. The number of hydrogen-bond acceptors (Lipinski definition) is 5. The molecular formula is C17H22FN3O2. The van der Waals surface area contributed by atoms with E-state index in [1.54, 1.807) is 0 Å². The lowest BCUT2D eigenvalue weighted by atomic mass is 9.96. The lowest BCUT2D eigenvalue weighted by Gasteiger charge is -2.35. The van der Waals surface area contributed by atoms with Crippen LogP contribution in [0.4, 0.5) is 4.39 Å². The van der Waals surface area contributed by atoms with Gasteiger partial charge < -0.3 is 9.63 Å². The van der Waals surface area contributed by atoms with Crippen LogP contribution in [0.25, 0.3) is 0 Å². The van der Waals surface area contributed by atoms with Gasteiger partial charge in [-0.1, -0.05) is 29.4 Å². The first-order valence-electron chi connectivity index (χ1n) is 7.96. The molecule has 0 spiro atoms. The van der Waals surface area contributed by atoms with E-state index in [9.17, 15) is 9.50 Å². The Balaban J connectivity index is 1.62. The summed E-state index contributed by atoms with van der Waals surface area (Å²) in [5.41, 5.74) is 0.850. The number of rotatable bonds is 5. The molecule has 124 valence electrons. The summed E-state index contributed by atoms with van der Waals surface area (Å²) in [4.78, 5) is 6.33. The van der Waals surface area contributed by atoms with Gasteiger partial charge in [0.05, 0.1) is 13.2 Å². The van der Waals surface area contributed by atoms with E-state index in [2.05, 4.69) is 29.2 Å². The first-order valence-corrected chi connectivity index (χ1v) is 7.96. The van der Waals surface area contributed by atoms with Crippen molar-refractivity contribution in [2.45, 2.75) is 38.4 Å². The molecule has 5 nitrogen and oxygen atoms in total. The molecule has 1 unspecified atom stereocenters. The van der Waals surface area contributed by atoms with Gasteiger partial charge in [0.2, 0.25) is 5.89 Å². The Bertz CT molecular complexity index is 661. The maximum atomic E-state index is 14.2. The zero-order valence-electron chi connectivity index (χ0n) is 13.3. The summed E-state index contributed by atoms with van der Waals surface area (Å²) in [5.74, 6) is 1.13. The standard InChI is InChI=1S/C17H22FN3O2/c1-13-5-2-3-6-14(13)9-15-19-16(23-20-15)10-21-8-4-7-17(18,11-21)12-22/h2-3,5-6,22H,4,7-12H2,1H3. The number of aryl methyl sites for hydroxylation is 1. The topological polar surface area (TPSA) is 62.4 Å². The van der Waals surface area contributed by atoms with Gasteiger partial charge in [0.15, 0.2) is 5.82 Å². The Morgan fingerprint density at radius 3 is 3.00 bits per heavy atom. The van der Waals surface area contributed by atoms with Crippen molar-refractivity contribution in [2.75, 3.05) is 19.7 Å². The lowest BCUT2D eigenvalue weighted by molar-refractivity contribution is -0.00668. The van der Waals surface area contributed by atoms with Crippen molar-refractivity contribution in [3.05, 3.63) is 47.1 Å². The highest BCUT2D eigenvalue weighted by molar-refractivity contribution is 5.27. The van der Waals surface area contributed by atoms with Crippen molar-refractivity contribution in [2.24, 2.45) is 0 Å². The lowest BCUT2D eigenvalue weighted by Crippen LogP contribution is -2.47. The quantitative estimate of drug-likeness (QED) is 0.916. The number of aromatic nitrogens is 2. The number of halogens is 1. The molecule has 3 rings (SSSR count). The molecule has 0 radical (unpaired) electrons. The molecule has 2 aromatic rings. The first-order chi connectivity index (χ1) is 11.1. The smallest absolute Gasteiger partial charge is 0.240 e. The molecule has 1 aromatic carbocycles. The largest absolute Gasteiger partial charge is 0.393 e. The monoisotopic (exact) mass is 319 g/mol. The number of aliphatic hydroxyl groups excluding tert-OH is 1. The molecule has 1 aliphatic rings. The zero-order chi connectivity index (χ0) is 16.3. The summed E-state index contributed by atoms with van der Waals surface area (Å²) in [5, 5.41) is 13.2. The van der Waals surface area contributed by atoms with E-state index in [1.807, 2.05) is 17.0 Å². The van der Waals surface area contributed by atoms with Crippen LogP contribution in [0.15, 0.2) is 28.8 Å². The number of nitrogens with zero attached hydrogens (tertiary/aromatic N) is 3. The van der Waals surface area contributed by atoms with Crippen LogP contribution in [0, 0.1) is 6.92 Å². The molecule has 1 fully saturated rings. The minimum atomic E-state index is -1.51. The second kappa shape index (κ2) is 6.76. The van der Waals surface area contributed by atoms with E-state index in [1.165, 1.54) is 11.1 Å². The molecule has 0 saturated carbocycles. The molecule has 0 bridgehead atoms. The molecule has 23 heavy (non-hydrogen) atoms. The van der Waals surface area contributed by atoms with E-state index < -0.39 is 12.3 Å². The zero-order valence-corrected chi connectivity index (χ0v) is 13.3. The van der Waals surface area contributed by atoms with Crippen molar-refractivity contribution in [1.29, 1.82) is 0 Å². The van der Waals surface area contributed by atoms with E-state index in [0.29, 0.717) is 31.1 Å². The molecule has 2 heterocycles. The third-order valence-electron chi connectivity index (χ3n) is 4.37. The highest BCUT2D eigenvalue weighted by atomic mass is 19.1. The Labute approximate surface area is 135 Å². The van der Waals surface area contributed by atoms with Crippen LogP contribution < -0.4 is 0 Å². The van der Waals surface area contributed by atoms with Gasteiger partial charge in [0.1, 0.15) is 5.67 Å².